The number of anilines is 1. The zero-order chi connectivity index (χ0) is 16.8. The van der Waals surface area contributed by atoms with Crippen LogP contribution in [-0.4, -0.2) is 55.4 Å². The van der Waals surface area contributed by atoms with Crippen LogP contribution in [0.25, 0.3) is 11.0 Å². The van der Waals surface area contributed by atoms with E-state index in [0.717, 1.165) is 0 Å². The second-order valence-corrected chi connectivity index (χ2v) is 5.53. The van der Waals surface area contributed by atoms with E-state index in [2.05, 4.69) is 15.1 Å². The number of ether oxygens (including phenoxy) is 1. The van der Waals surface area contributed by atoms with E-state index in [4.69, 9.17) is 16.3 Å². The summed E-state index contributed by atoms with van der Waals surface area (Å²) in [6.45, 7) is 0.690. The minimum absolute atomic E-state index is 0.182. The molecule has 10 heteroatoms. The Morgan fingerprint density at radius 1 is 1.57 bits per heavy atom. The first-order valence-corrected chi connectivity index (χ1v) is 6.89. The molecule has 0 aliphatic carbocycles. The molecule has 0 unspecified atom stereocenters. The highest BCUT2D eigenvalue weighted by Crippen LogP contribution is 2.43. The Hall–Kier alpha value is -2.30. The largest absolute Gasteiger partial charge is 0.394 e. The lowest BCUT2D eigenvalue weighted by molar-refractivity contribution is -0.0564. The number of aliphatic hydroxyl groups excluding tert-OH is 2. The molecule has 0 aromatic carbocycles. The Labute approximate surface area is 130 Å². The number of aromatic nitrogens is 3. The Balaban J connectivity index is 2.19. The average molecular weight is 324 g/mol. The van der Waals surface area contributed by atoms with Gasteiger partial charge in [-0.05, 0) is 6.92 Å². The molecule has 2 aromatic heterocycles. The van der Waals surface area contributed by atoms with Gasteiger partial charge in [-0.15, -0.1) is 0 Å². The zero-order valence-electron chi connectivity index (χ0n) is 12.3. The summed E-state index contributed by atoms with van der Waals surface area (Å²) < 4.78 is 21.8. The number of nitrogens with two attached hydrogens (primary N) is 2. The summed E-state index contributed by atoms with van der Waals surface area (Å²) in [5.74, 6) is 5.37. The minimum atomic E-state index is -2.14. The fourth-order valence-electron chi connectivity index (χ4n) is 2.86. The molecule has 1 saturated heterocycles. The highest BCUT2D eigenvalue weighted by Gasteiger charge is 2.55. The summed E-state index contributed by atoms with van der Waals surface area (Å²) >= 11 is 0. The van der Waals surface area contributed by atoms with Crippen LogP contribution in [0, 0.1) is 0 Å². The third kappa shape index (κ3) is 2.22. The lowest BCUT2D eigenvalue weighted by atomic mass is 9.98. The second kappa shape index (κ2) is 5.41. The van der Waals surface area contributed by atoms with Gasteiger partial charge in [-0.25, -0.2) is 14.4 Å². The van der Waals surface area contributed by atoms with Gasteiger partial charge in [0.15, 0.2) is 11.9 Å². The Morgan fingerprint density at radius 2 is 2.30 bits per heavy atom. The monoisotopic (exact) mass is 324 g/mol. The van der Waals surface area contributed by atoms with Crippen LogP contribution in [0.1, 0.15) is 18.7 Å². The maximum absolute atomic E-state index is 15.0. The molecule has 6 N–H and O–H groups in total. The highest BCUT2D eigenvalue weighted by molar-refractivity contribution is 6.02. The Bertz CT molecular complexity index is 761. The third-order valence-corrected chi connectivity index (χ3v) is 4.03. The minimum Gasteiger partial charge on any atom is -0.394 e. The maximum Gasteiger partial charge on any atom is 0.181 e. The first-order valence-electron chi connectivity index (χ1n) is 6.89. The summed E-state index contributed by atoms with van der Waals surface area (Å²) in [5.41, 5.74) is 4.51. The van der Waals surface area contributed by atoms with Gasteiger partial charge in [0, 0.05) is 11.8 Å². The summed E-state index contributed by atoms with van der Waals surface area (Å²) in [7, 11) is 0. The van der Waals surface area contributed by atoms with Crippen molar-refractivity contribution in [2.24, 2.45) is 10.9 Å². The molecule has 124 valence electrons. The van der Waals surface area contributed by atoms with Gasteiger partial charge in [-0.3, -0.25) is 0 Å². The molecule has 0 saturated carbocycles. The molecule has 1 aliphatic heterocycles. The standard InChI is InChI=1S/C13H17FN6O3/c1-13(14)9(22)7(4-21)23-12(13)20-3-6(2-19-16)8-10(15)17-5-18-11(8)20/h2-3,5,7,9,12,21-22H,4,16H2,1H3,(H2,15,17,18)/b19-2+/t7-,9-,12-,13-/m1/s1. The van der Waals surface area contributed by atoms with Crippen molar-refractivity contribution in [1.82, 2.24) is 14.5 Å². The molecule has 3 rings (SSSR count). The molecular formula is C13H17FN6O3. The molecule has 9 nitrogen and oxygen atoms in total. The number of nitrogen functional groups attached to an aromatic ring is 1. The van der Waals surface area contributed by atoms with Crippen molar-refractivity contribution >= 4 is 23.1 Å². The molecule has 0 bridgehead atoms. The van der Waals surface area contributed by atoms with Crippen LogP contribution >= 0.6 is 0 Å². The molecule has 0 radical (unpaired) electrons. The number of hydrogen-bond acceptors (Lipinski definition) is 8. The molecule has 23 heavy (non-hydrogen) atoms. The van der Waals surface area contributed by atoms with E-state index in [1.807, 2.05) is 0 Å². The molecule has 0 amide bonds. The quantitative estimate of drug-likeness (QED) is 0.331. The maximum atomic E-state index is 15.0. The number of hydrogen-bond donors (Lipinski definition) is 4. The van der Waals surface area contributed by atoms with E-state index in [-0.39, 0.29) is 5.82 Å². The van der Waals surface area contributed by atoms with Crippen molar-refractivity contribution in [1.29, 1.82) is 0 Å². The molecular weight excluding hydrogens is 307 g/mol. The summed E-state index contributed by atoms with van der Waals surface area (Å²) in [6, 6.07) is 0. The summed E-state index contributed by atoms with van der Waals surface area (Å²) in [6.07, 6.45) is 0.358. The van der Waals surface area contributed by atoms with E-state index < -0.39 is 30.7 Å². The van der Waals surface area contributed by atoms with Gasteiger partial charge in [0.25, 0.3) is 0 Å². The predicted molar refractivity (Wildman–Crippen MR) is 80.2 cm³/mol. The van der Waals surface area contributed by atoms with Gasteiger partial charge < -0.3 is 31.1 Å². The SMILES string of the molecule is C[C@@]1(F)[C@H](O)[C@@H](CO)O[C@H]1n1cc(/C=N/N)c2c(N)ncnc21. The number of fused-ring (bicyclic) bond motifs is 1. The Kier molecular flexibility index (Phi) is 3.66. The van der Waals surface area contributed by atoms with Crippen molar-refractivity contribution in [3.8, 4) is 0 Å². The van der Waals surface area contributed by atoms with E-state index >= 15 is 0 Å². The van der Waals surface area contributed by atoms with Gasteiger partial charge in [-0.1, -0.05) is 0 Å². The highest BCUT2D eigenvalue weighted by atomic mass is 19.1. The van der Waals surface area contributed by atoms with Crippen molar-refractivity contribution < 1.29 is 19.3 Å². The molecule has 2 aromatic rings. The summed E-state index contributed by atoms with van der Waals surface area (Å²) in [4.78, 5) is 8.01. The Morgan fingerprint density at radius 3 is 2.91 bits per heavy atom. The molecule has 4 atom stereocenters. The molecule has 3 heterocycles. The smallest absolute Gasteiger partial charge is 0.181 e. The van der Waals surface area contributed by atoms with Crippen LogP contribution < -0.4 is 11.6 Å². The number of aliphatic hydroxyl groups is 2. The van der Waals surface area contributed by atoms with Crippen LogP contribution in [-0.2, 0) is 4.74 Å². The van der Waals surface area contributed by atoms with Gasteiger partial charge >= 0.3 is 0 Å². The number of alkyl halides is 1. The molecule has 1 fully saturated rings. The van der Waals surface area contributed by atoms with E-state index in [1.165, 1.54) is 30.2 Å². The predicted octanol–water partition coefficient (Wildman–Crippen LogP) is -0.715. The van der Waals surface area contributed by atoms with Crippen molar-refractivity contribution in [3.05, 3.63) is 18.1 Å². The van der Waals surface area contributed by atoms with Gasteiger partial charge in [0.1, 0.15) is 30.0 Å². The number of rotatable bonds is 3. The first-order chi connectivity index (χ1) is 10.9. The second-order valence-electron chi connectivity index (χ2n) is 5.53. The average Bonchev–Trinajstić information content (AvgIpc) is 2.97. The third-order valence-electron chi connectivity index (χ3n) is 4.03. The first kappa shape index (κ1) is 15.6. The van der Waals surface area contributed by atoms with Crippen molar-refractivity contribution in [3.63, 3.8) is 0 Å². The van der Waals surface area contributed by atoms with E-state index in [9.17, 15) is 14.6 Å². The normalized spacial score (nSPS) is 31.4. The van der Waals surface area contributed by atoms with E-state index in [0.29, 0.717) is 16.6 Å². The number of nitrogens with zero attached hydrogens (tertiary/aromatic N) is 4. The van der Waals surface area contributed by atoms with Crippen molar-refractivity contribution in [2.75, 3.05) is 12.3 Å². The molecule has 1 aliphatic rings. The molecule has 0 spiro atoms. The van der Waals surface area contributed by atoms with Crippen molar-refractivity contribution in [2.45, 2.75) is 31.0 Å². The fraction of sp³-hybridized carbons (Fsp3) is 0.462. The lowest BCUT2D eigenvalue weighted by Crippen LogP contribution is -2.40. The topological polar surface area (TPSA) is 145 Å². The summed E-state index contributed by atoms with van der Waals surface area (Å²) in [5, 5.41) is 23.1. The van der Waals surface area contributed by atoms with Crippen LogP contribution in [0.3, 0.4) is 0 Å². The lowest BCUT2D eigenvalue weighted by Gasteiger charge is -2.25. The fourth-order valence-corrected chi connectivity index (χ4v) is 2.86. The van der Waals surface area contributed by atoms with E-state index in [1.54, 1.807) is 0 Å². The van der Waals surface area contributed by atoms with Gasteiger partial charge in [-0.2, -0.15) is 5.10 Å². The van der Waals surface area contributed by atoms with Crippen LogP contribution in [0.2, 0.25) is 0 Å². The zero-order valence-corrected chi connectivity index (χ0v) is 12.3. The van der Waals surface area contributed by atoms with Gasteiger partial charge in [0.2, 0.25) is 0 Å². The van der Waals surface area contributed by atoms with Crippen LogP contribution in [0.4, 0.5) is 10.2 Å². The van der Waals surface area contributed by atoms with Crippen LogP contribution in [0.15, 0.2) is 17.6 Å². The van der Waals surface area contributed by atoms with Crippen LogP contribution in [0.5, 0.6) is 0 Å². The number of halogens is 1. The number of hydrazone groups is 1. The van der Waals surface area contributed by atoms with Gasteiger partial charge in [0.05, 0.1) is 18.2 Å².